The standard InChI is InChI=1S/C16H18N4O6/c1-7(2)19-14-12(15(22)18-19)11(13(20(24)25)16(23)17-14)8-4-5-10(26-3)9(21)6-8/h4-7,11,13,21H,1-3H3,(H,17,23)(H,18,22)/t11-,13+/m1/s1. The zero-order valence-corrected chi connectivity index (χ0v) is 14.3. The number of aromatic nitrogens is 2. The van der Waals surface area contributed by atoms with Crippen LogP contribution in [0.1, 0.15) is 36.9 Å². The van der Waals surface area contributed by atoms with Crippen molar-refractivity contribution in [2.45, 2.75) is 31.8 Å². The number of benzene rings is 1. The number of aromatic amines is 1. The summed E-state index contributed by atoms with van der Waals surface area (Å²) < 4.78 is 6.44. The van der Waals surface area contributed by atoms with Gasteiger partial charge in [0.2, 0.25) is 0 Å². The molecule has 3 N–H and O–H groups in total. The third-order valence-corrected chi connectivity index (χ3v) is 4.41. The first-order chi connectivity index (χ1) is 12.3. The van der Waals surface area contributed by atoms with E-state index >= 15 is 0 Å². The van der Waals surface area contributed by atoms with Crippen LogP contribution in [-0.2, 0) is 4.79 Å². The number of amides is 1. The van der Waals surface area contributed by atoms with Gasteiger partial charge in [-0.05, 0) is 31.5 Å². The molecule has 1 aromatic carbocycles. The predicted octanol–water partition coefficient (Wildman–Crippen LogP) is 1.20. The van der Waals surface area contributed by atoms with E-state index in [1.807, 2.05) is 0 Å². The molecular formula is C16H18N4O6. The van der Waals surface area contributed by atoms with Gasteiger partial charge >= 0.3 is 11.9 Å². The van der Waals surface area contributed by atoms with Crippen molar-refractivity contribution in [2.75, 3.05) is 12.4 Å². The van der Waals surface area contributed by atoms with Gasteiger partial charge in [0.15, 0.2) is 11.5 Å². The Kier molecular flexibility index (Phi) is 4.18. The van der Waals surface area contributed by atoms with Crippen LogP contribution in [-0.4, -0.2) is 38.9 Å². The largest absolute Gasteiger partial charge is 0.504 e. The number of phenolic OH excluding ortho intramolecular Hbond substituents is 1. The van der Waals surface area contributed by atoms with Gasteiger partial charge < -0.3 is 15.2 Å². The topological polar surface area (TPSA) is 139 Å². The summed E-state index contributed by atoms with van der Waals surface area (Å²) in [6, 6.07) is 2.33. The maximum absolute atomic E-state index is 12.5. The van der Waals surface area contributed by atoms with Crippen LogP contribution in [0, 0.1) is 10.1 Å². The fraction of sp³-hybridized carbons (Fsp3) is 0.375. The normalized spacial score (nSPS) is 19.2. The number of hydrogen-bond donors (Lipinski definition) is 3. The Morgan fingerprint density at radius 2 is 2.04 bits per heavy atom. The van der Waals surface area contributed by atoms with Gasteiger partial charge in [0.25, 0.3) is 5.56 Å². The van der Waals surface area contributed by atoms with Crippen molar-refractivity contribution in [1.29, 1.82) is 0 Å². The number of aromatic hydroxyl groups is 1. The Hall–Kier alpha value is -3.30. The summed E-state index contributed by atoms with van der Waals surface area (Å²) in [4.78, 5) is 35.8. The number of H-pyrrole nitrogens is 1. The highest BCUT2D eigenvalue weighted by Gasteiger charge is 2.48. The molecule has 0 unspecified atom stereocenters. The number of nitrogens with zero attached hydrogens (tertiary/aromatic N) is 2. The van der Waals surface area contributed by atoms with E-state index in [9.17, 15) is 24.8 Å². The van der Waals surface area contributed by atoms with E-state index in [0.29, 0.717) is 0 Å². The molecular weight excluding hydrogens is 344 g/mol. The van der Waals surface area contributed by atoms with E-state index in [4.69, 9.17) is 4.74 Å². The van der Waals surface area contributed by atoms with E-state index in [1.165, 1.54) is 30.0 Å². The average molecular weight is 362 g/mol. The Bertz CT molecular complexity index is 945. The molecule has 0 radical (unpaired) electrons. The minimum atomic E-state index is -1.69. The molecule has 0 spiro atoms. The zero-order valence-electron chi connectivity index (χ0n) is 14.3. The maximum Gasteiger partial charge on any atom is 0.301 e. The van der Waals surface area contributed by atoms with E-state index in [-0.39, 0.29) is 34.5 Å². The molecule has 10 nitrogen and oxygen atoms in total. The first-order valence-corrected chi connectivity index (χ1v) is 7.92. The molecule has 0 saturated heterocycles. The van der Waals surface area contributed by atoms with Crippen LogP contribution in [0.2, 0.25) is 0 Å². The Morgan fingerprint density at radius 1 is 1.35 bits per heavy atom. The highest BCUT2D eigenvalue weighted by Crippen LogP contribution is 2.39. The van der Waals surface area contributed by atoms with Crippen molar-refractivity contribution in [2.24, 2.45) is 0 Å². The lowest BCUT2D eigenvalue weighted by Crippen LogP contribution is -2.45. The lowest BCUT2D eigenvalue weighted by Gasteiger charge is -2.26. The second-order valence-corrected chi connectivity index (χ2v) is 6.30. The number of nitro groups is 1. The molecule has 1 aliphatic rings. The SMILES string of the molecule is COc1ccc([C@@H]2c3c(n(C(C)C)[nH]c3=O)NC(=O)[C@H]2[N+](=O)[O-])cc1O. The summed E-state index contributed by atoms with van der Waals surface area (Å²) in [5, 5.41) is 26.7. The highest BCUT2D eigenvalue weighted by molar-refractivity contribution is 5.98. The van der Waals surface area contributed by atoms with Crippen molar-refractivity contribution < 1.29 is 19.6 Å². The van der Waals surface area contributed by atoms with Crippen LogP contribution in [0.4, 0.5) is 5.82 Å². The molecule has 10 heteroatoms. The zero-order chi connectivity index (χ0) is 19.2. The number of nitrogens with one attached hydrogen (secondary N) is 2. The monoisotopic (exact) mass is 362 g/mol. The molecule has 2 aromatic rings. The molecule has 0 fully saturated rings. The van der Waals surface area contributed by atoms with Crippen molar-refractivity contribution in [1.82, 2.24) is 9.78 Å². The third-order valence-electron chi connectivity index (χ3n) is 4.41. The molecule has 0 aliphatic carbocycles. The molecule has 1 amide bonds. The van der Waals surface area contributed by atoms with Crippen LogP contribution in [0.15, 0.2) is 23.0 Å². The van der Waals surface area contributed by atoms with E-state index in [2.05, 4.69) is 10.4 Å². The number of fused-ring (bicyclic) bond motifs is 1. The number of phenols is 1. The van der Waals surface area contributed by atoms with Gasteiger partial charge in [-0.15, -0.1) is 0 Å². The quantitative estimate of drug-likeness (QED) is 0.551. The Labute approximate surface area is 147 Å². The minimum Gasteiger partial charge on any atom is -0.504 e. The molecule has 138 valence electrons. The maximum atomic E-state index is 12.5. The predicted molar refractivity (Wildman–Crippen MR) is 91.4 cm³/mol. The summed E-state index contributed by atoms with van der Waals surface area (Å²) in [6.07, 6.45) is 0. The summed E-state index contributed by atoms with van der Waals surface area (Å²) in [5.74, 6) is -1.82. The first-order valence-electron chi connectivity index (χ1n) is 7.92. The van der Waals surface area contributed by atoms with E-state index < -0.39 is 28.3 Å². The lowest BCUT2D eigenvalue weighted by molar-refractivity contribution is -0.509. The van der Waals surface area contributed by atoms with E-state index in [0.717, 1.165) is 0 Å². The Balaban J connectivity index is 2.27. The van der Waals surface area contributed by atoms with Crippen LogP contribution in [0.3, 0.4) is 0 Å². The summed E-state index contributed by atoms with van der Waals surface area (Å²) in [5.41, 5.74) is -0.168. The summed E-state index contributed by atoms with van der Waals surface area (Å²) in [6.45, 7) is 3.60. The third kappa shape index (κ3) is 2.59. The number of methoxy groups -OCH3 is 1. The van der Waals surface area contributed by atoms with Crippen LogP contribution in [0.25, 0.3) is 0 Å². The number of rotatable bonds is 4. The molecule has 2 atom stereocenters. The Morgan fingerprint density at radius 3 is 2.58 bits per heavy atom. The van der Waals surface area contributed by atoms with Gasteiger partial charge in [0, 0.05) is 11.0 Å². The molecule has 3 rings (SSSR count). The summed E-state index contributed by atoms with van der Waals surface area (Å²) in [7, 11) is 1.37. The van der Waals surface area contributed by atoms with Gasteiger partial charge in [-0.1, -0.05) is 6.07 Å². The molecule has 0 bridgehead atoms. The van der Waals surface area contributed by atoms with Crippen molar-refractivity contribution in [3.63, 3.8) is 0 Å². The van der Waals surface area contributed by atoms with Crippen molar-refractivity contribution in [3.8, 4) is 11.5 Å². The highest BCUT2D eigenvalue weighted by atomic mass is 16.6. The van der Waals surface area contributed by atoms with Gasteiger partial charge in [-0.25, -0.2) is 0 Å². The van der Waals surface area contributed by atoms with E-state index in [1.54, 1.807) is 13.8 Å². The van der Waals surface area contributed by atoms with Gasteiger partial charge in [-0.2, -0.15) is 0 Å². The molecule has 0 saturated carbocycles. The minimum absolute atomic E-state index is 0.0876. The number of anilines is 1. The van der Waals surface area contributed by atoms with Gasteiger partial charge in [0.1, 0.15) is 5.82 Å². The number of carbonyl (C=O) groups is 1. The molecule has 26 heavy (non-hydrogen) atoms. The second-order valence-electron chi connectivity index (χ2n) is 6.30. The smallest absolute Gasteiger partial charge is 0.301 e. The van der Waals surface area contributed by atoms with Gasteiger partial charge in [-0.3, -0.25) is 29.5 Å². The lowest BCUT2D eigenvalue weighted by atomic mass is 9.83. The molecule has 1 aromatic heterocycles. The molecule has 1 aliphatic heterocycles. The summed E-state index contributed by atoms with van der Waals surface area (Å²) >= 11 is 0. The first kappa shape index (κ1) is 17.5. The average Bonchev–Trinajstić information content (AvgIpc) is 2.90. The van der Waals surface area contributed by atoms with Crippen molar-refractivity contribution >= 4 is 11.7 Å². The second kappa shape index (κ2) is 6.21. The van der Waals surface area contributed by atoms with Crippen LogP contribution >= 0.6 is 0 Å². The fourth-order valence-electron chi connectivity index (χ4n) is 3.23. The van der Waals surface area contributed by atoms with Gasteiger partial charge in [0.05, 0.1) is 18.6 Å². The van der Waals surface area contributed by atoms with Crippen molar-refractivity contribution in [3.05, 3.63) is 49.8 Å². The van der Waals surface area contributed by atoms with Crippen LogP contribution in [0.5, 0.6) is 11.5 Å². The number of ether oxygens (including phenoxy) is 1. The molecule has 2 heterocycles. The number of carbonyl (C=O) groups excluding carboxylic acids is 1. The number of hydrogen-bond acceptors (Lipinski definition) is 6. The fourth-order valence-corrected chi connectivity index (χ4v) is 3.23. The van der Waals surface area contributed by atoms with Crippen LogP contribution < -0.4 is 15.6 Å².